The van der Waals surface area contributed by atoms with Crippen LogP contribution >= 0.6 is 0 Å². The summed E-state index contributed by atoms with van der Waals surface area (Å²) in [6.07, 6.45) is 0. The number of para-hydroxylation sites is 1. The molecule has 0 fully saturated rings. The highest BCUT2D eigenvalue weighted by molar-refractivity contribution is 6.18. The van der Waals surface area contributed by atoms with Crippen LogP contribution in [0.1, 0.15) is 0 Å². The molecule has 0 aliphatic rings. The second-order valence-corrected chi connectivity index (χ2v) is 13.8. The molecule has 0 unspecified atom stereocenters. The summed E-state index contributed by atoms with van der Waals surface area (Å²) in [5.41, 5.74) is 14.0. The van der Waals surface area contributed by atoms with E-state index in [9.17, 15) is 0 Å². The van der Waals surface area contributed by atoms with Crippen molar-refractivity contribution >= 4 is 49.6 Å². The minimum atomic E-state index is 1.10. The number of anilines is 3. The van der Waals surface area contributed by atoms with Crippen LogP contribution in [0.3, 0.4) is 0 Å². The largest absolute Gasteiger partial charge is 0.310 e. The molecule has 2 nitrogen and oxygen atoms in total. The third kappa shape index (κ3) is 5.62. The molecule has 0 amide bonds. The molecule has 254 valence electrons. The summed E-state index contributed by atoms with van der Waals surface area (Å²) in [4.78, 5) is 2.38. The number of nitrogens with zero attached hydrogens (tertiary/aromatic N) is 2. The number of rotatable bonds is 7. The highest BCUT2D eigenvalue weighted by Gasteiger charge is 2.19. The first kappa shape index (κ1) is 31.6. The summed E-state index contributed by atoms with van der Waals surface area (Å²) in [7, 11) is 0. The van der Waals surface area contributed by atoms with E-state index in [-0.39, 0.29) is 0 Å². The van der Waals surface area contributed by atoms with E-state index in [1.165, 1.54) is 66.0 Å². The van der Waals surface area contributed by atoms with E-state index in [1.807, 2.05) is 0 Å². The van der Waals surface area contributed by atoms with E-state index in [4.69, 9.17) is 0 Å². The molecule has 1 heterocycles. The Hall–Kier alpha value is -7.16. The second-order valence-electron chi connectivity index (χ2n) is 13.8. The molecule has 0 bridgehead atoms. The first-order valence-corrected chi connectivity index (χ1v) is 18.5. The van der Waals surface area contributed by atoms with Crippen molar-refractivity contribution in [2.45, 2.75) is 0 Å². The molecule has 0 radical (unpaired) electrons. The van der Waals surface area contributed by atoms with Crippen LogP contribution in [0.15, 0.2) is 218 Å². The molecular weight excluding hydrogens is 653 g/mol. The predicted octanol–water partition coefficient (Wildman–Crippen LogP) is 14.4. The van der Waals surface area contributed by atoms with E-state index < -0.39 is 0 Å². The van der Waals surface area contributed by atoms with Crippen LogP contribution in [0.25, 0.3) is 71.6 Å². The molecule has 0 aliphatic heterocycles. The molecule has 0 spiro atoms. The van der Waals surface area contributed by atoms with Gasteiger partial charge in [-0.15, -0.1) is 0 Å². The minimum absolute atomic E-state index is 1.10. The molecule has 0 aliphatic carbocycles. The number of benzene rings is 9. The van der Waals surface area contributed by atoms with Gasteiger partial charge in [-0.05, 0) is 111 Å². The van der Waals surface area contributed by atoms with Crippen molar-refractivity contribution in [2.24, 2.45) is 0 Å². The Morgan fingerprint density at radius 3 is 1.52 bits per heavy atom. The van der Waals surface area contributed by atoms with Crippen LogP contribution in [0.5, 0.6) is 0 Å². The van der Waals surface area contributed by atoms with Crippen LogP contribution in [-0.4, -0.2) is 4.57 Å². The Balaban J connectivity index is 1.17. The van der Waals surface area contributed by atoms with Gasteiger partial charge in [0.05, 0.1) is 11.0 Å². The Labute approximate surface area is 315 Å². The number of aromatic nitrogens is 1. The second kappa shape index (κ2) is 13.4. The normalized spacial score (nSPS) is 11.3. The van der Waals surface area contributed by atoms with Crippen LogP contribution < -0.4 is 4.90 Å². The van der Waals surface area contributed by atoms with Gasteiger partial charge in [0.25, 0.3) is 0 Å². The molecule has 0 saturated heterocycles. The van der Waals surface area contributed by atoms with Crippen molar-refractivity contribution in [2.75, 3.05) is 4.90 Å². The van der Waals surface area contributed by atoms with Crippen molar-refractivity contribution in [3.8, 4) is 39.1 Å². The minimum Gasteiger partial charge on any atom is -0.310 e. The Kier molecular flexibility index (Phi) is 7.85. The van der Waals surface area contributed by atoms with Crippen molar-refractivity contribution in [1.82, 2.24) is 4.57 Å². The summed E-state index contributed by atoms with van der Waals surface area (Å²) in [5, 5.41) is 4.98. The summed E-state index contributed by atoms with van der Waals surface area (Å²) in [5.74, 6) is 0. The van der Waals surface area contributed by atoms with E-state index in [0.717, 1.165) is 22.7 Å². The zero-order valence-corrected chi connectivity index (χ0v) is 29.7. The van der Waals surface area contributed by atoms with E-state index in [2.05, 4.69) is 228 Å². The lowest BCUT2D eigenvalue weighted by atomic mass is 9.97. The van der Waals surface area contributed by atoms with Gasteiger partial charge in [0.15, 0.2) is 0 Å². The third-order valence-corrected chi connectivity index (χ3v) is 10.5. The van der Waals surface area contributed by atoms with Gasteiger partial charge in [-0.2, -0.15) is 0 Å². The van der Waals surface area contributed by atoms with Gasteiger partial charge >= 0.3 is 0 Å². The van der Waals surface area contributed by atoms with Gasteiger partial charge in [-0.1, -0.05) is 152 Å². The Morgan fingerprint density at radius 2 is 0.833 bits per heavy atom. The van der Waals surface area contributed by atoms with E-state index >= 15 is 0 Å². The van der Waals surface area contributed by atoms with Crippen molar-refractivity contribution in [3.63, 3.8) is 0 Å². The van der Waals surface area contributed by atoms with Gasteiger partial charge in [0.1, 0.15) is 0 Å². The van der Waals surface area contributed by atoms with Gasteiger partial charge in [0, 0.05) is 33.5 Å². The molecule has 10 aromatic rings. The number of hydrogen-bond acceptors (Lipinski definition) is 1. The highest BCUT2D eigenvalue weighted by Crippen LogP contribution is 2.43. The standard InChI is InChI=1S/C52H36N2/c1-4-15-37(16-5-1)39-29-31-45(32-30-39)53(46-25-12-21-40(33-46)38-17-6-2-7-18-38)47-26-13-22-43(34-47)48-27-14-28-50-52(48)49-35-41-19-10-11-20-42(41)36-51(49)54(50)44-23-8-3-9-24-44/h1-36H. The highest BCUT2D eigenvalue weighted by atomic mass is 15.1. The third-order valence-electron chi connectivity index (χ3n) is 10.5. The van der Waals surface area contributed by atoms with Crippen molar-refractivity contribution in [1.29, 1.82) is 0 Å². The average Bonchev–Trinajstić information content (AvgIpc) is 3.57. The fourth-order valence-corrected chi connectivity index (χ4v) is 8.00. The zero-order chi connectivity index (χ0) is 35.8. The lowest BCUT2D eigenvalue weighted by Gasteiger charge is -2.27. The summed E-state index contributed by atoms with van der Waals surface area (Å²) < 4.78 is 2.42. The molecule has 0 saturated carbocycles. The van der Waals surface area contributed by atoms with Gasteiger partial charge in [-0.25, -0.2) is 0 Å². The number of hydrogen-bond donors (Lipinski definition) is 0. The molecular formula is C52H36N2. The van der Waals surface area contributed by atoms with Crippen molar-refractivity contribution < 1.29 is 0 Å². The smallest absolute Gasteiger partial charge is 0.0547 e. The van der Waals surface area contributed by atoms with Crippen LogP contribution in [0.2, 0.25) is 0 Å². The lowest BCUT2D eigenvalue weighted by molar-refractivity contribution is 1.18. The summed E-state index contributed by atoms with van der Waals surface area (Å²) >= 11 is 0. The summed E-state index contributed by atoms with van der Waals surface area (Å²) in [6.45, 7) is 0. The summed E-state index contributed by atoms with van der Waals surface area (Å²) in [6, 6.07) is 78.9. The van der Waals surface area contributed by atoms with Gasteiger partial charge in [-0.3, -0.25) is 0 Å². The van der Waals surface area contributed by atoms with Crippen LogP contribution in [-0.2, 0) is 0 Å². The number of fused-ring (bicyclic) bond motifs is 4. The van der Waals surface area contributed by atoms with E-state index in [0.29, 0.717) is 0 Å². The van der Waals surface area contributed by atoms with E-state index in [1.54, 1.807) is 0 Å². The van der Waals surface area contributed by atoms with Crippen LogP contribution in [0.4, 0.5) is 17.1 Å². The first-order valence-electron chi connectivity index (χ1n) is 18.5. The molecule has 0 N–H and O–H groups in total. The van der Waals surface area contributed by atoms with Gasteiger partial charge < -0.3 is 9.47 Å². The van der Waals surface area contributed by atoms with Crippen LogP contribution in [0, 0.1) is 0 Å². The fourth-order valence-electron chi connectivity index (χ4n) is 8.00. The van der Waals surface area contributed by atoms with Gasteiger partial charge in [0.2, 0.25) is 0 Å². The zero-order valence-electron chi connectivity index (χ0n) is 29.7. The first-order chi connectivity index (χ1) is 26.8. The maximum absolute atomic E-state index is 2.42. The quantitative estimate of drug-likeness (QED) is 0.162. The monoisotopic (exact) mass is 688 g/mol. The fraction of sp³-hybridized carbons (Fsp3) is 0. The maximum atomic E-state index is 2.42. The molecule has 2 heteroatoms. The molecule has 10 rings (SSSR count). The van der Waals surface area contributed by atoms with Crippen molar-refractivity contribution in [3.05, 3.63) is 218 Å². The Morgan fingerprint density at radius 1 is 0.315 bits per heavy atom. The average molecular weight is 689 g/mol. The molecule has 1 aromatic heterocycles. The molecule has 54 heavy (non-hydrogen) atoms. The maximum Gasteiger partial charge on any atom is 0.0547 e. The SMILES string of the molecule is c1ccc(-c2ccc(N(c3cccc(-c4ccccc4)c3)c3cccc(-c4cccc5c4c4cc6ccccc6cc4n5-c4ccccc4)c3)cc2)cc1. The lowest BCUT2D eigenvalue weighted by Crippen LogP contribution is -2.10. The molecule has 0 atom stereocenters. The Bertz CT molecular complexity index is 2910. The molecule has 9 aromatic carbocycles. The predicted molar refractivity (Wildman–Crippen MR) is 229 cm³/mol. The topological polar surface area (TPSA) is 8.17 Å².